The van der Waals surface area contributed by atoms with Crippen molar-refractivity contribution in [3.63, 3.8) is 0 Å². The number of nitrogens with zero attached hydrogens (tertiary/aromatic N) is 2. The zero-order valence-corrected chi connectivity index (χ0v) is 18.1. The molecule has 0 radical (unpaired) electrons. The van der Waals surface area contributed by atoms with Crippen LogP contribution >= 0.6 is 24.0 Å². The minimum Gasteiger partial charge on any atom is -0.370 e. The topological polar surface area (TPSA) is 101 Å². The van der Waals surface area contributed by atoms with E-state index in [0.717, 1.165) is 24.2 Å². The van der Waals surface area contributed by atoms with Crippen LogP contribution < -0.4 is 22.1 Å². The predicted octanol–water partition coefficient (Wildman–Crippen LogP) is 2.43. The SMILES string of the molecule is CC(C)CNC(N)=NCc1ccc(CN=C(N)NCC(C)C)cc1.I. The molecule has 1 rings (SSSR count). The van der Waals surface area contributed by atoms with E-state index in [1.54, 1.807) is 0 Å². The minimum absolute atomic E-state index is 0. The van der Waals surface area contributed by atoms with Crippen LogP contribution in [0.5, 0.6) is 0 Å². The van der Waals surface area contributed by atoms with Crippen molar-refractivity contribution in [3.8, 4) is 0 Å². The molecule has 0 aliphatic carbocycles. The molecule has 1 aromatic carbocycles. The van der Waals surface area contributed by atoms with Gasteiger partial charge in [0.1, 0.15) is 0 Å². The summed E-state index contributed by atoms with van der Waals surface area (Å²) in [7, 11) is 0. The van der Waals surface area contributed by atoms with Crippen molar-refractivity contribution < 1.29 is 0 Å². The Balaban J connectivity index is 0.00000576. The molecular weight excluding hydrogens is 427 g/mol. The lowest BCUT2D eigenvalue weighted by molar-refractivity contribution is 0.621. The van der Waals surface area contributed by atoms with Crippen LogP contribution in [0.15, 0.2) is 34.3 Å². The standard InChI is InChI=1S/C18H32N6.HI/c1-13(2)9-21-17(19)23-11-15-5-7-16(8-6-15)12-24-18(20)22-10-14(3)4;/h5-8,13-14H,9-12H2,1-4H3,(H3,19,21,23)(H3,20,22,24);1H. The van der Waals surface area contributed by atoms with E-state index >= 15 is 0 Å². The number of hydrogen-bond acceptors (Lipinski definition) is 2. The normalized spacial score (nSPS) is 12.2. The Morgan fingerprint density at radius 2 is 1.12 bits per heavy atom. The van der Waals surface area contributed by atoms with Gasteiger partial charge in [-0.1, -0.05) is 52.0 Å². The first-order valence-electron chi connectivity index (χ1n) is 8.52. The number of benzene rings is 1. The number of nitrogens with one attached hydrogen (secondary N) is 2. The largest absolute Gasteiger partial charge is 0.370 e. The molecular formula is C18H33IN6. The Kier molecular flexibility index (Phi) is 12.0. The fourth-order valence-corrected chi connectivity index (χ4v) is 1.83. The summed E-state index contributed by atoms with van der Waals surface area (Å²) >= 11 is 0. The van der Waals surface area contributed by atoms with E-state index in [9.17, 15) is 0 Å². The van der Waals surface area contributed by atoms with Crippen molar-refractivity contribution in [1.82, 2.24) is 10.6 Å². The molecule has 0 aliphatic heterocycles. The molecule has 142 valence electrons. The lowest BCUT2D eigenvalue weighted by atomic mass is 10.1. The number of guanidine groups is 2. The Hall–Kier alpha value is -1.51. The third kappa shape index (κ3) is 11.6. The molecule has 1 aromatic rings. The second-order valence-corrected chi connectivity index (χ2v) is 6.77. The molecule has 6 nitrogen and oxygen atoms in total. The van der Waals surface area contributed by atoms with E-state index in [-0.39, 0.29) is 24.0 Å². The lowest BCUT2D eigenvalue weighted by Crippen LogP contribution is -2.34. The zero-order valence-electron chi connectivity index (χ0n) is 15.7. The van der Waals surface area contributed by atoms with Gasteiger partial charge in [0.15, 0.2) is 11.9 Å². The number of halogens is 1. The van der Waals surface area contributed by atoms with E-state index in [2.05, 4.69) is 48.3 Å². The summed E-state index contributed by atoms with van der Waals surface area (Å²) in [6.45, 7) is 11.3. The van der Waals surface area contributed by atoms with Gasteiger partial charge in [-0.2, -0.15) is 0 Å². The first-order valence-corrected chi connectivity index (χ1v) is 8.52. The van der Waals surface area contributed by atoms with Crippen LogP contribution in [0.4, 0.5) is 0 Å². The maximum absolute atomic E-state index is 5.83. The molecule has 25 heavy (non-hydrogen) atoms. The molecule has 0 aromatic heterocycles. The highest BCUT2D eigenvalue weighted by Crippen LogP contribution is 2.07. The first kappa shape index (κ1) is 23.5. The van der Waals surface area contributed by atoms with Crippen LogP contribution in [0.25, 0.3) is 0 Å². The number of rotatable bonds is 8. The van der Waals surface area contributed by atoms with E-state index in [1.807, 2.05) is 24.3 Å². The summed E-state index contributed by atoms with van der Waals surface area (Å²) in [4.78, 5) is 8.67. The summed E-state index contributed by atoms with van der Waals surface area (Å²) in [5.41, 5.74) is 13.9. The Morgan fingerprint density at radius 3 is 1.40 bits per heavy atom. The molecule has 0 fully saturated rings. The minimum atomic E-state index is 0. The summed E-state index contributed by atoms with van der Waals surface area (Å²) in [5, 5.41) is 6.21. The van der Waals surface area contributed by atoms with Gasteiger partial charge in [0.05, 0.1) is 13.1 Å². The highest BCUT2D eigenvalue weighted by molar-refractivity contribution is 14.0. The van der Waals surface area contributed by atoms with Gasteiger partial charge in [-0.3, -0.25) is 0 Å². The van der Waals surface area contributed by atoms with Crippen molar-refractivity contribution in [2.24, 2.45) is 33.3 Å². The van der Waals surface area contributed by atoms with Crippen LogP contribution in [-0.2, 0) is 13.1 Å². The molecule has 0 saturated carbocycles. The fraction of sp³-hybridized carbons (Fsp3) is 0.556. The second-order valence-electron chi connectivity index (χ2n) is 6.77. The fourth-order valence-electron chi connectivity index (χ4n) is 1.83. The van der Waals surface area contributed by atoms with E-state index in [4.69, 9.17) is 11.5 Å². The van der Waals surface area contributed by atoms with Crippen molar-refractivity contribution in [2.45, 2.75) is 40.8 Å². The van der Waals surface area contributed by atoms with Crippen LogP contribution in [0, 0.1) is 11.8 Å². The molecule has 0 spiro atoms. The number of hydrogen-bond donors (Lipinski definition) is 4. The van der Waals surface area contributed by atoms with Crippen LogP contribution in [0.1, 0.15) is 38.8 Å². The zero-order chi connectivity index (χ0) is 17.9. The van der Waals surface area contributed by atoms with Crippen LogP contribution in [-0.4, -0.2) is 25.0 Å². The Labute approximate surface area is 169 Å². The maximum Gasteiger partial charge on any atom is 0.188 e. The first-order chi connectivity index (χ1) is 11.4. The van der Waals surface area contributed by atoms with E-state index in [1.165, 1.54) is 0 Å². The number of aliphatic imine (C=N–C) groups is 2. The van der Waals surface area contributed by atoms with E-state index in [0.29, 0.717) is 36.8 Å². The third-order valence-electron chi connectivity index (χ3n) is 3.27. The molecule has 0 atom stereocenters. The highest BCUT2D eigenvalue weighted by atomic mass is 127. The Morgan fingerprint density at radius 1 is 0.800 bits per heavy atom. The van der Waals surface area contributed by atoms with Gasteiger partial charge in [-0.15, -0.1) is 24.0 Å². The molecule has 7 heteroatoms. The van der Waals surface area contributed by atoms with Gasteiger partial charge in [-0.05, 0) is 23.0 Å². The van der Waals surface area contributed by atoms with Crippen molar-refractivity contribution in [2.75, 3.05) is 13.1 Å². The lowest BCUT2D eigenvalue weighted by Gasteiger charge is -2.08. The average Bonchev–Trinajstić information content (AvgIpc) is 2.55. The van der Waals surface area contributed by atoms with Gasteiger partial charge in [0.2, 0.25) is 0 Å². The van der Waals surface area contributed by atoms with Gasteiger partial charge in [-0.25, -0.2) is 9.98 Å². The summed E-state index contributed by atoms with van der Waals surface area (Å²) in [5.74, 6) is 2.06. The van der Waals surface area contributed by atoms with Gasteiger partial charge in [0.25, 0.3) is 0 Å². The quantitative estimate of drug-likeness (QED) is 0.272. The summed E-state index contributed by atoms with van der Waals surface area (Å²) in [6.07, 6.45) is 0. The smallest absolute Gasteiger partial charge is 0.188 e. The van der Waals surface area contributed by atoms with Gasteiger partial charge in [0, 0.05) is 13.1 Å². The molecule has 6 N–H and O–H groups in total. The average molecular weight is 460 g/mol. The van der Waals surface area contributed by atoms with Crippen molar-refractivity contribution >= 4 is 35.9 Å². The summed E-state index contributed by atoms with van der Waals surface area (Å²) in [6, 6.07) is 8.17. The van der Waals surface area contributed by atoms with Crippen LogP contribution in [0.2, 0.25) is 0 Å². The molecule has 0 saturated heterocycles. The Bertz CT molecular complexity index is 488. The monoisotopic (exact) mass is 460 g/mol. The molecule has 0 aliphatic rings. The van der Waals surface area contributed by atoms with Gasteiger partial charge >= 0.3 is 0 Å². The highest BCUT2D eigenvalue weighted by Gasteiger charge is 1.98. The van der Waals surface area contributed by atoms with Crippen LogP contribution in [0.3, 0.4) is 0 Å². The number of nitrogens with two attached hydrogens (primary N) is 2. The summed E-state index contributed by atoms with van der Waals surface area (Å²) < 4.78 is 0. The molecule has 0 unspecified atom stereocenters. The maximum atomic E-state index is 5.83. The molecule has 0 bridgehead atoms. The third-order valence-corrected chi connectivity index (χ3v) is 3.27. The van der Waals surface area contributed by atoms with E-state index < -0.39 is 0 Å². The predicted molar refractivity (Wildman–Crippen MR) is 118 cm³/mol. The molecule has 0 amide bonds. The van der Waals surface area contributed by atoms with Gasteiger partial charge < -0.3 is 22.1 Å². The van der Waals surface area contributed by atoms with Crippen molar-refractivity contribution in [3.05, 3.63) is 35.4 Å². The van der Waals surface area contributed by atoms with Crippen molar-refractivity contribution in [1.29, 1.82) is 0 Å². The second kappa shape index (κ2) is 12.8. The molecule has 0 heterocycles.